The molecule has 0 spiro atoms. The van der Waals surface area contributed by atoms with Gasteiger partial charge in [0.1, 0.15) is 11.6 Å². The summed E-state index contributed by atoms with van der Waals surface area (Å²) >= 11 is 5.83. The standard InChI is InChI=1S/C19H16ClFN4O/c20-15-7-5-13(6-8-15)11-23-19(26)17-9-10-18(25-24-17)22-12-14-3-1-2-4-16(14)21/h1-10H,11-12H2,(H,22,25)(H,23,26). The van der Waals surface area contributed by atoms with Crippen molar-refractivity contribution in [3.63, 3.8) is 0 Å². The first-order chi connectivity index (χ1) is 12.6. The summed E-state index contributed by atoms with van der Waals surface area (Å²) < 4.78 is 13.6. The Kier molecular flexibility index (Phi) is 5.76. The van der Waals surface area contributed by atoms with Crippen LogP contribution in [0.2, 0.25) is 5.02 Å². The lowest BCUT2D eigenvalue weighted by Crippen LogP contribution is -2.24. The molecule has 0 atom stereocenters. The third-order valence-electron chi connectivity index (χ3n) is 3.68. The molecule has 0 saturated carbocycles. The molecule has 1 amide bonds. The predicted molar refractivity (Wildman–Crippen MR) is 98.4 cm³/mol. The molecule has 0 unspecified atom stereocenters. The average molecular weight is 371 g/mol. The third kappa shape index (κ3) is 4.77. The number of halogens is 2. The summed E-state index contributed by atoms with van der Waals surface area (Å²) in [7, 11) is 0. The van der Waals surface area contributed by atoms with Gasteiger partial charge in [-0.1, -0.05) is 41.9 Å². The van der Waals surface area contributed by atoms with Gasteiger partial charge in [-0.05, 0) is 35.9 Å². The highest BCUT2D eigenvalue weighted by atomic mass is 35.5. The molecule has 1 heterocycles. The first kappa shape index (κ1) is 17.8. The van der Waals surface area contributed by atoms with Crippen molar-refractivity contribution in [1.29, 1.82) is 0 Å². The lowest BCUT2D eigenvalue weighted by atomic mass is 10.2. The van der Waals surface area contributed by atoms with Crippen LogP contribution >= 0.6 is 11.6 Å². The Balaban J connectivity index is 1.54. The second-order valence-electron chi connectivity index (χ2n) is 5.56. The normalized spacial score (nSPS) is 10.4. The molecule has 0 aliphatic carbocycles. The van der Waals surface area contributed by atoms with E-state index in [1.165, 1.54) is 6.07 Å². The van der Waals surface area contributed by atoms with Gasteiger partial charge in [-0.2, -0.15) is 0 Å². The summed E-state index contributed by atoms with van der Waals surface area (Å²) in [6.07, 6.45) is 0. The van der Waals surface area contributed by atoms with Crippen LogP contribution < -0.4 is 10.6 Å². The van der Waals surface area contributed by atoms with Crippen LogP contribution in [0.5, 0.6) is 0 Å². The van der Waals surface area contributed by atoms with Crippen LogP contribution in [0.15, 0.2) is 60.7 Å². The number of hydrogen-bond acceptors (Lipinski definition) is 4. The number of rotatable bonds is 6. The molecule has 3 aromatic rings. The van der Waals surface area contributed by atoms with Crippen LogP contribution in [0.25, 0.3) is 0 Å². The van der Waals surface area contributed by atoms with Gasteiger partial charge in [0.15, 0.2) is 5.69 Å². The summed E-state index contributed by atoms with van der Waals surface area (Å²) in [5.41, 5.74) is 1.66. The topological polar surface area (TPSA) is 66.9 Å². The van der Waals surface area contributed by atoms with E-state index in [1.54, 1.807) is 42.5 Å². The minimum Gasteiger partial charge on any atom is -0.364 e. The molecule has 7 heteroatoms. The van der Waals surface area contributed by atoms with E-state index in [0.29, 0.717) is 22.9 Å². The SMILES string of the molecule is O=C(NCc1ccc(Cl)cc1)c1ccc(NCc2ccccc2F)nn1. The second kappa shape index (κ2) is 8.40. The predicted octanol–water partition coefficient (Wildman–Crippen LogP) is 3.81. The summed E-state index contributed by atoms with van der Waals surface area (Å²) in [6.45, 7) is 0.647. The second-order valence-corrected chi connectivity index (χ2v) is 5.99. The van der Waals surface area contributed by atoms with E-state index in [4.69, 9.17) is 11.6 Å². The van der Waals surface area contributed by atoms with E-state index >= 15 is 0 Å². The van der Waals surface area contributed by atoms with E-state index in [1.807, 2.05) is 12.1 Å². The van der Waals surface area contributed by atoms with Gasteiger partial charge in [0.25, 0.3) is 5.91 Å². The number of aromatic nitrogens is 2. The fourth-order valence-corrected chi connectivity index (χ4v) is 2.38. The summed E-state index contributed by atoms with van der Waals surface area (Å²) in [6, 6.07) is 16.9. The first-order valence-corrected chi connectivity index (χ1v) is 8.33. The Hall–Kier alpha value is -2.99. The van der Waals surface area contributed by atoms with Crippen LogP contribution in [-0.4, -0.2) is 16.1 Å². The van der Waals surface area contributed by atoms with Gasteiger partial charge < -0.3 is 10.6 Å². The average Bonchev–Trinajstić information content (AvgIpc) is 2.67. The van der Waals surface area contributed by atoms with Gasteiger partial charge in [-0.25, -0.2) is 4.39 Å². The Bertz CT molecular complexity index is 885. The highest BCUT2D eigenvalue weighted by Gasteiger charge is 2.08. The summed E-state index contributed by atoms with van der Waals surface area (Å²) in [5, 5.41) is 14.2. The molecular formula is C19H16ClFN4O. The Labute approximate surface area is 155 Å². The molecule has 2 aromatic carbocycles. The van der Waals surface area contributed by atoms with Gasteiger partial charge in [0.05, 0.1) is 0 Å². The molecule has 0 aliphatic rings. The van der Waals surface area contributed by atoms with Gasteiger partial charge in [-0.3, -0.25) is 4.79 Å². The van der Waals surface area contributed by atoms with Gasteiger partial charge in [0, 0.05) is 23.7 Å². The lowest BCUT2D eigenvalue weighted by molar-refractivity contribution is 0.0945. The van der Waals surface area contributed by atoms with E-state index in [0.717, 1.165) is 5.56 Å². The number of anilines is 1. The van der Waals surface area contributed by atoms with Crippen molar-refractivity contribution in [2.24, 2.45) is 0 Å². The minimum absolute atomic E-state index is 0.204. The molecular weight excluding hydrogens is 355 g/mol. The highest BCUT2D eigenvalue weighted by Crippen LogP contribution is 2.11. The van der Waals surface area contributed by atoms with Crippen LogP contribution in [0.4, 0.5) is 10.2 Å². The van der Waals surface area contributed by atoms with Crippen molar-refractivity contribution in [3.05, 3.63) is 88.3 Å². The zero-order valence-electron chi connectivity index (χ0n) is 13.7. The van der Waals surface area contributed by atoms with Crippen LogP contribution in [0, 0.1) is 5.82 Å². The zero-order chi connectivity index (χ0) is 18.4. The Morgan fingerprint density at radius 1 is 0.962 bits per heavy atom. The van der Waals surface area contributed by atoms with Gasteiger partial charge in [-0.15, -0.1) is 10.2 Å². The molecule has 0 bridgehead atoms. The molecule has 132 valence electrons. The number of amides is 1. The van der Waals surface area contributed by atoms with Gasteiger partial charge >= 0.3 is 0 Å². The first-order valence-electron chi connectivity index (χ1n) is 7.95. The number of benzene rings is 2. The zero-order valence-corrected chi connectivity index (χ0v) is 14.5. The fourth-order valence-electron chi connectivity index (χ4n) is 2.25. The van der Waals surface area contributed by atoms with Crippen molar-refractivity contribution in [3.8, 4) is 0 Å². The lowest BCUT2D eigenvalue weighted by Gasteiger charge is -2.07. The van der Waals surface area contributed by atoms with Crippen molar-refractivity contribution >= 4 is 23.3 Å². The molecule has 0 saturated heterocycles. The molecule has 2 N–H and O–H groups in total. The number of nitrogens with zero attached hydrogens (tertiary/aromatic N) is 2. The Morgan fingerprint density at radius 3 is 2.42 bits per heavy atom. The van der Waals surface area contributed by atoms with E-state index in [-0.39, 0.29) is 24.0 Å². The van der Waals surface area contributed by atoms with E-state index in [9.17, 15) is 9.18 Å². The van der Waals surface area contributed by atoms with Crippen molar-refractivity contribution in [2.75, 3.05) is 5.32 Å². The minimum atomic E-state index is -0.326. The van der Waals surface area contributed by atoms with Crippen molar-refractivity contribution in [2.45, 2.75) is 13.1 Å². The number of nitrogens with one attached hydrogen (secondary N) is 2. The monoisotopic (exact) mass is 370 g/mol. The molecule has 5 nitrogen and oxygen atoms in total. The van der Waals surface area contributed by atoms with Crippen LogP contribution in [-0.2, 0) is 13.1 Å². The molecule has 1 aromatic heterocycles. The number of carbonyl (C=O) groups is 1. The molecule has 0 radical (unpaired) electrons. The van der Waals surface area contributed by atoms with E-state index < -0.39 is 0 Å². The highest BCUT2D eigenvalue weighted by molar-refractivity contribution is 6.30. The fraction of sp³-hybridized carbons (Fsp3) is 0.105. The number of hydrogen-bond donors (Lipinski definition) is 2. The molecule has 26 heavy (non-hydrogen) atoms. The van der Waals surface area contributed by atoms with Crippen LogP contribution in [0.1, 0.15) is 21.6 Å². The van der Waals surface area contributed by atoms with Crippen LogP contribution in [0.3, 0.4) is 0 Å². The maximum Gasteiger partial charge on any atom is 0.272 e. The third-order valence-corrected chi connectivity index (χ3v) is 3.93. The number of carbonyl (C=O) groups excluding carboxylic acids is 1. The Morgan fingerprint density at radius 2 is 1.73 bits per heavy atom. The summed E-state index contributed by atoms with van der Waals surface area (Å²) in [4.78, 5) is 12.1. The maximum atomic E-state index is 13.6. The van der Waals surface area contributed by atoms with Crippen molar-refractivity contribution < 1.29 is 9.18 Å². The van der Waals surface area contributed by atoms with E-state index in [2.05, 4.69) is 20.8 Å². The summed E-state index contributed by atoms with van der Waals surface area (Å²) in [5.74, 6) is -0.151. The van der Waals surface area contributed by atoms with Gasteiger partial charge in [0.2, 0.25) is 0 Å². The smallest absolute Gasteiger partial charge is 0.272 e. The molecule has 3 rings (SSSR count). The molecule has 0 fully saturated rings. The molecule has 0 aliphatic heterocycles. The maximum absolute atomic E-state index is 13.6. The quantitative estimate of drug-likeness (QED) is 0.692. The largest absolute Gasteiger partial charge is 0.364 e. The van der Waals surface area contributed by atoms with Crippen molar-refractivity contribution in [1.82, 2.24) is 15.5 Å².